The number of anilines is 1. The van der Waals surface area contributed by atoms with Crippen LogP contribution in [0.15, 0.2) is 57.9 Å². The first kappa shape index (κ1) is 18.5. The minimum absolute atomic E-state index is 0.0402. The Morgan fingerprint density at radius 3 is 2.12 bits per heavy atom. The summed E-state index contributed by atoms with van der Waals surface area (Å²) in [5.41, 5.74) is 1.37. The fourth-order valence-electron chi connectivity index (χ4n) is 2.27. The van der Waals surface area contributed by atoms with Crippen LogP contribution in [-0.2, 0) is 21.2 Å². The van der Waals surface area contributed by atoms with Crippen molar-refractivity contribution in [3.63, 3.8) is 0 Å². The molecule has 0 saturated carbocycles. The highest BCUT2D eigenvalue weighted by Gasteiger charge is 2.33. The number of carbonyl (C=O) groups is 1. The van der Waals surface area contributed by atoms with Gasteiger partial charge in [-0.2, -0.15) is 0 Å². The maximum atomic E-state index is 13.0. The summed E-state index contributed by atoms with van der Waals surface area (Å²) in [7, 11) is -4.00. The number of halogens is 1. The van der Waals surface area contributed by atoms with E-state index in [9.17, 15) is 18.3 Å². The maximum Gasteiger partial charge on any atom is 0.327 e. The van der Waals surface area contributed by atoms with Gasteiger partial charge in [0.15, 0.2) is 0 Å². The van der Waals surface area contributed by atoms with Crippen LogP contribution in [0, 0.1) is 0 Å². The molecule has 128 valence electrons. The number of hydrogen-bond donors (Lipinski definition) is 1. The molecule has 24 heavy (non-hydrogen) atoms. The van der Waals surface area contributed by atoms with Gasteiger partial charge >= 0.3 is 5.97 Å². The zero-order chi connectivity index (χ0) is 17.9. The Morgan fingerprint density at radius 1 is 1.12 bits per heavy atom. The molecule has 1 atom stereocenters. The smallest absolute Gasteiger partial charge is 0.327 e. The summed E-state index contributed by atoms with van der Waals surface area (Å²) < 4.78 is 27.7. The number of sulfonamides is 1. The number of benzene rings is 2. The number of carboxylic acids is 1. The number of hydrogen-bond acceptors (Lipinski definition) is 3. The molecule has 0 aliphatic carbocycles. The second-order valence-electron chi connectivity index (χ2n) is 5.29. The lowest BCUT2D eigenvalue weighted by Crippen LogP contribution is -2.43. The van der Waals surface area contributed by atoms with Gasteiger partial charge in [0.2, 0.25) is 0 Å². The van der Waals surface area contributed by atoms with Crippen LogP contribution in [0.1, 0.15) is 19.4 Å². The molecule has 0 bridgehead atoms. The predicted molar refractivity (Wildman–Crippen MR) is 96.7 cm³/mol. The molecule has 0 aliphatic heterocycles. The molecule has 0 heterocycles. The van der Waals surface area contributed by atoms with E-state index in [1.54, 1.807) is 36.4 Å². The standard InChI is InChI=1S/C17H18BrNO4S/c1-3-13-4-8-15(9-5-13)19(12(2)17(20)21)24(22,23)16-10-6-14(18)7-11-16/h4-12H,3H2,1-2H3,(H,20,21). The predicted octanol–water partition coefficient (Wildman–Crippen LogP) is 3.68. The second-order valence-corrected chi connectivity index (χ2v) is 8.02. The average Bonchev–Trinajstić information content (AvgIpc) is 2.55. The lowest BCUT2D eigenvalue weighted by atomic mass is 10.1. The van der Waals surface area contributed by atoms with Crippen LogP contribution < -0.4 is 4.31 Å². The topological polar surface area (TPSA) is 74.7 Å². The molecule has 0 amide bonds. The Morgan fingerprint density at radius 2 is 1.67 bits per heavy atom. The van der Waals surface area contributed by atoms with Gasteiger partial charge in [-0.15, -0.1) is 0 Å². The van der Waals surface area contributed by atoms with Crippen molar-refractivity contribution in [1.82, 2.24) is 0 Å². The van der Waals surface area contributed by atoms with Crippen LogP contribution in [0.3, 0.4) is 0 Å². The Balaban J connectivity index is 2.56. The van der Waals surface area contributed by atoms with E-state index in [0.29, 0.717) is 5.69 Å². The van der Waals surface area contributed by atoms with Gasteiger partial charge in [0.05, 0.1) is 10.6 Å². The molecule has 2 rings (SSSR count). The summed E-state index contributed by atoms with van der Waals surface area (Å²) in [5.74, 6) is -1.21. The zero-order valence-electron chi connectivity index (χ0n) is 13.3. The molecular formula is C17H18BrNO4S. The van der Waals surface area contributed by atoms with E-state index in [1.165, 1.54) is 19.1 Å². The summed E-state index contributed by atoms with van der Waals surface area (Å²) in [6, 6.07) is 11.7. The number of aliphatic carboxylic acids is 1. The van der Waals surface area contributed by atoms with Crippen LogP contribution in [-0.4, -0.2) is 25.5 Å². The molecule has 0 aromatic heterocycles. The van der Waals surface area contributed by atoms with Gasteiger partial charge in [0.1, 0.15) is 6.04 Å². The van der Waals surface area contributed by atoms with Crippen molar-refractivity contribution in [3.05, 3.63) is 58.6 Å². The first-order valence-corrected chi connectivity index (χ1v) is 9.62. The second kappa shape index (κ2) is 7.36. The zero-order valence-corrected chi connectivity index (χ0v) is 15.7. The molecule has 5 nitrogen and oxygen atoms in total. The van der Waals surface area contributed by atoms with Crippen LogP contribution in [0.2, 0.25) is 0 Å². The van der Waals surface area contributed by atoms with Crippen molar-refractivity contribution >= 4 is 37.6 Å². The maximum absolute atomic E-state index is 13.0. The highest BCUT2D eigenvalue weighted by atomic mass is 79.9. The first-order valence-electron chi connectivity index (χ1n) is 7.39. The molecule has 0 fully saturated rings. The van der Waals surface area contributed by atoms with Gasteiger partial charge in [0.25, 0.3) is 10.0 Å². The van der Waals surface area contributed by atoms with Crippen molar-refractivity contribution in [2.45, 2.75) is 31.2 Å². The number of rotatable bonds is 6. The third-order valence-corrected chi connectivity index (χ3v) is 6.12. The minimum Gasteiger partial charge on any atom is -0.480 e. The minimum atomic E-state index is -4.00. The van der Waals surface area contributed by atoms with Crippen molar-refractivity contribution in [2.24, 2.45) is 0 Å². The third-order valence-electron chi connectivity index (χ3n) is 3.68. The Bertz CT molecular complexity index is 817. The fraction of sp³-hybridized carbons (Fsp3) is 0.235. The largest absolute Gasteiger partial charge is 0.480 e. The summed E-state index contributed by atoms with van der Waals surface area (Å²) in [5, 5.41) is 9.36. The van der Waals surface area contributed by atoms with E-state index >= 15 is 0 Å². The quantitative estimate of drug-likeness (QED) is 0.786. The van der Waals surface area contributed by atoms with E-state index in [-0.39, 0.29) is 4.90 Å². The van der Waals surface area contributed by atoms with Gasteiger partial charge in [-0.25, -0.2) is 13.2 Å². The van der Waals surface area contributed by atoms with Crippen LogP contribution >= 0.6 is 15.9 Å². The average molecular weight is 412 g/mol. The number of nitrogens with zero attached hydrogens (tertiary/aromatic N) is 1. The van der Waals surface area contributed by atoms with E-state index in [0.717, 1.165) is 20.8 Å². The molecule has 7 heteroatoms. The molecule has 0 aliphatic rings. The van der Waals surface area contributed by atoms with Gasteiger partial charge in [-0.3, -0.25) is 4.31 Å². The van der Waals surface area contributed by atoms with E-state index in [4.69, 9.17) is 0 Å². The van der Waals surface area contributed by atoms with Crippen molar-refractivity contribution in [2.75, 3.05) is 4.31 Å². The van der Waals surface area contributed by atoms with Gasteiger partial charge < -0.3 is 5.11 Å². The highest BCUT2D eigenvalue weighted by Crippen LogP contribution is 2.27. The van der Waals surface area contributed by atoms with Crippen molar-refractivity contribution < 1.29 is 18.3 Å². The lowest BCUT2D eigenvalue weighted by Gasteiger charge is -2.28. The number of aryl methyl sites for hydroxylation is 1. The molecule has 2 aromatic carbocycles. The van der Waals surface area contributed by atoms with Crippen LogP contribution in [0.25, 0.3) is 0 Å². The van der Waals surface area contributed by atoms with Gasteiger partial charge in [-0.05, 0) is 55.3 Å². The van der Waals surface area contributed by atoms with Gasteiger partial charge in [-0.1, -0.05) is 35.0 Å². The molecule has 0 saturated heterocycles. The molecule has 0 radical (unpaired) electrons. The molecule has 0 spiro atoms. The summed E-state index contributed by atoms with van der Waals surface area (Å²) in [6.45, 7) is 3.34. The summed E-state index contributed by atoms with van der Waals surface area (Å²) in [6.07, 6.45) is 0.814. The van der Waals surface area contributed by atoms with Crippen LogP contribution in [0.4, 0.5) is 5.69 Å². The Labute approximate surface area is 150 Å². The molecule has 1 unspecified atom stereocenters. The van der Waals surface area contributed by atoms with Gasteiger partial charge in [0, 0.05) is 4.47 Å². The molecule has 2 aromatic rings. The Kier molecular flexibility index (Phi) is 5.66. The molecular weight excluding hydrogens is 394 g/mol. The van der Waals surface area contributed by atoms with E-state index in [2.05, 4.69) is 15.9 Å². The van der Waals surface area contributed by atoms with Crippen molar-refractivity contribution in [1.29, 1.82) is 0 Å². The SMILES string of the molecule is CCc1ccc(N(C(C)C(=O)O)S(=O)(=O)c2ccc(Br)cc2)cc1. The summed E-state index contributed by atoms with van der Waals surface area (Å²) >= 11 is 3.26. The monoisotopic (exact) mass is 411 g/mol. The lowest BCUT2D eigenvalue weighted by molar-refractivity contribution is -0.137. The summed E-state index contributed by atoms with van der Waals surface area (Å²) in [4.78, 5) is 11.5. The van der Waals surface area contributed by atoms with Crippen molar-refractivity contribution in [3.8, 4) is 0 Å². The van der Waals surface area contributed by atoms with Crippen LogP contribution in [0.5, 0.6) is 0 Å². The van der Waals surface area contributed by atoms with E-state index < -0.39 is 22.0 Å². The normalized spacial score (nSPS) is 12.6. The third kappa shape index (κ3) is 3.79. The fourth-order valence-corrected chi connectivity index (χ4v) is 4.15. The number of carboxylic acid groups (broad SMARTS) is 1. The molecule has 1 N–H and O–H groups in total. The Hall–Kier alpha value is -1.86. The highest BCUT2D eigenvalue weighted by molar-refractivity contribution is 9.10. The van der Waals surface area contributed by atoms with E-state index in [1.807, 2.05) is 6.92 Å². The first-order chi connectivity index (χ1) is 11.3.